The van der Waals surface area contributed by atoms with Crippen molar-refractivity contribution in [3.05, 3.63) is 35.4 Å². The first-order valence-electron chi connectivity index (χ1n) is 4.70. The summed E-state index contributed by atoms with van der Waals surface area (Å²) in [6, 6.07) is 8.87. The van der Waals surface area contributed by atoms with Crippen LogP contribution in [0.2, 0.25) is 0 Å². The summed E-state index contributed by atoms with van der Waals surface area (Å²) in [5.41, 5.74) is 3.68. The van der Waals surface area contributed by atoms with E-state index in [1.54, 1.807) is 5.56 Å². The van der Waals surface area contributed by atoms with Gasteiger partial charge in [-0.2, -0.15) is 0 Å². The summed E-state index contributed by atoms with van der Waals surface area (Å²) in [4.78, 5) is 0. The van der Waals surface area contributed by atoms with Crippen molar-refractivity contribution in [3.63, 3.8) is 0 Å². The Bertz CT molecular complexity index is 318. The maximum Gasteiger partial charge on any atom is 0.0208 e. The third kappa shape index (κ3) is 1.27. The minimum absolute atomic E-state index is 0. The van der Waals surface area contributed by atoms with Crippen molar-refractivity contribution < 1.29 is 0 Å². The van der Waals surface area contributed by atoms with Gasteiger partial charge in [0.25, 0.3) is 0 Å². The van der Waals surface area contributed by atoms with Crippen LogP contribution in [0.3, 0.4) is 0 Å². The van der Waals surface area contributed by atoms with Crippen molar-refractivity contribution in [1.82, 2.24) is 5.32 Å². The third-order valence-corrected chi connectivity index (χ3v) is 3.22. The van der Waals surface area contributed by atoms with Crippen molar-refractivity contribution in [2.24, 2.45) is 0 Å². The molecule has 1 fully saturated rings. The second-order valence-electron chi connectivity index (χ2n) is 4.04. The first-order chi connectivity index (χ1) is 5.91. The Morgan fingerprint density at radius 3 is 2.69 bits per heavy atom. The highest BCUT2D eigenvalue weighted by atomic mass is 35.5. The monoisotopic (exact) mass is 195 g/mol. The molecule has 0 unspecified atom stereocenters. The number of hydrogen-bond acceptors (Lipinski definition) is 1. The quantitative estimate of drug-likeness (QED) is 0.670. The molecule has 2 heteroatoms. The van der Waals surface area contributed by atoms with Gasteiger partial charge in [-0.15, -0.1) is 12.4 Å². The number of fused-ring (bicyclic) bond motifs is 2. The number of nitrogens with one attached hydrogen (secondary N) is 1. The van der Waals surface area contributed by atoms with Crippen LogP contribution < -0.4 is 5.32 Å². The number of benzene rings is 1. The van der Waals surface area contributed by atoms with Gasteiger partial charge in [-0.1, -0.05) is 24.3 Å². The molecule has 1 aliphatic carbocycles. The summed E-state index contributed by atoms with van der Waals surface area (Å²) in [6.07, 6.45) is 2.77. The smallest absolute Gasteiger partial charge is 0.0208 e. The van der Waals surface area contributed by atoms with Gasteiger partial charge in [-0.3, -0.25) is 0 Å². The van der Waals surface area contributed by atoms with Gasteiger partial charge in [0.15, 0.2) is 0 Å². The van der Waals surface area contributed by atoms with E-state index >= 15 is 0 Å². The van der Waals surface area contributed by atoms with E-state index in [2.05, 4.69) is 29.6 Å². The van der Waals surface area contributed by atoms with Crippen LogP contribution in [0.15, 0.2) is 24.3 Å². The minimum Gasteiger partial charge on any atom is -0.312 e. The van der Waals surface area contributed by atoms with E-state index < -0.39 is 0 Å². The lowest BCUT2D eigenvalue weighted by atomic mass is 9.88. The maximum absolute atomic E-state index is 3.49. The van der Waals surface area contributed by atoms with E-state index in [9.17, 15) is 0 Å². The Balaban J connectivity index is 0.000000653. The number of halogens is 1. The highest BCUT2D eigenvalue weighted by molar-refractivity contribution is 5.85. The molecule has 0 atom stereocenters. The van der Waals surface area contributed by atoms with Crippen LogP contribution in [0.4, 0.5) is 0 Å². The average Bonchev–Trinajstić information content (AvgIpc) is 2.87. The summed E-state index contributed by atoms with van der Waals surface area (Å²) in [7, 11) is 0. The van der Waals surface area contributed by atoms with E-state index in [1.165, 1.54) is 24.9 Å². The second kappa shape index (κ2) is 3.00. The zero-order chi connectivity index (χ0) is 8.02. The number of rotatable bonds is 0. The molecule has 2 aliphatic rings. The standard InChI is InChI=1S/C11H13N.ClH/c1-2-4-10-9(3-1)7-12-8-11(10)5-6-11;/h1-4,12H,5-8H2;1H. The summed E-state index contributed by atoms with van der Waals surface area (Å²) < 4.78 is 0. The highest BCUT2D eigenvalue weighted by Gasteiger charge is 2.46. The van der Waals surface area contributed by atoms with Gasteiger partial charge >= 0.3 is 0 Å². The molecule has 1 saturated carbocycles. The third-order valence-electron chi connectivity index (χ3n) is 3.22. The molecule has 1 spiro atoms. The predicted molar refractivity (Wildman–Crippen MR) is 56.3 cm³/mol. The lowest BCUT2D eigenvalue weighted by Gasteiger charge is -2.25. The van der Waals surface area contributed by atoms with Crippen LogP contribution in [0.25, 0.3) is 0 Å². The molecule has 1 nitrogen and oxygen atoms in total. The largest absolute Gasteiger partial charge is 0.312 e. The lowest BCUT2D eigenvalue weighted by molar-refractivity contribution is 0.531. The van der Waals surface area contributed by atoms with E-state index in [0.717, 1.165) is 6.54 Å². The van der Waals surface area contributed by atoms with E-state index in [4.69, 9.17) is 0 Å². The van der Waals surface area contributed by atoms with Gasteiger partial charge in [0.05, 0.1) is 0 Å². The van der Waals surface area contributed by atoms with Gasteiger partial charge in [-0.25, -0.2) is 0 Å². The van der Waals surface area contributed by atoms with E-state index in [0.29, 0.717) is 5.41 Å². The molecule has 1 heterocycles. The maximum atomic E-state index is 3.49. The summed E-state index contributed by atoms with van der Waals surface area (Å²) in [6.45, 7) is 2.27. The Morgan fingerprint density at radius 1 is 1.15 bits per heavy atom. The van der Waals surface area contributed by atoms with Crippen LogP contribution in [0.1, 0.15) is 24.0 Å². The molecule has 0 radical (unpaired) electrons. The zero-order valence-electron chi connectivity index (χ0n) is 7.55. The minimum atomic E-state index is 0. The molecule has 3 rings (SSSR count). The zero-order valence-corrected chi connectivity index (χ0v) is 8.36. The van der Waals surface area contributed by atoms with Crippen LogP contribution in [0, 0.1) is 0 Å². The molecular formula is C11H14ClN. The SMILES string of the molecule is Cl.c1ccc2c(c1)CNCC21CC1. The van der Waals surface area contributed by atoms with Crippen molar-refractivity contribution >= 4 is 12.4 Å². The molecular weight excluding hydrogens is 182 g/mol. The van der Waals surface area contributed by atoms with Crippen LogP contribution in [-0.2, 0) is 12.0 Å². The average molecular weight is 196 g/mol. The fraction of sp³-hybridized carbons (Fsp3) is 0.455. The van der Waals surface area contributed by atoms with Gasteiger partial charge in [0, 0.05) is 18.5 Å². The predicted octanol–water partition coefficient (Wildman–Crippen LogP) is 2.24. The van der Waals surface area contributed by atoms with E-state index in [1.807, 2.05) is 0 Å². The Morgan fingerprint density at radius 2 is 1.92 bits per heavy atom. The lowest BCUT2D eigenvalue weighted by Crippen LogP contribution is -2.33. The second-order valence-corrected chi connectivity index (χ2v) is 4.04. The van der Waals surface area contributed by atoms with Gasteiger partial charge < -0.3 is 5.32 Å². The topological polar surface area (TPSA) is 12.0 Å². The van der Waals surface area contributed by atoms with Crippen molar-refractivity contribution in [1.29, 1.82) is 0 Å². The molecule has 0 aromatic heterocycles. The number of hydrogen-bond donors (Lipinski definition) is 1. The molecule has 1 aromatic carbocycles. The van der Waals surface area contributed by atoms with Crippen molar-refractivity contribution in [2.45, 2.75) is 24.8 Å². The normalized spacial score (nSPS) is 21.8. The van der Waals surface area contributed by atoms with Crippen molar-refractivity contribution in [3.8, 4) is 0 Å². The Labute approximate surface area is 84.9 Å². The molecule has 1 N–H and O–H groups in total. The molecule has 0 amide bonds. The molecule has 0 bridgehead atoms. The van der Waals surface area contributed by atoms with Crippen LogP contribution in [-0.4, -0.2) is 6.54 Å². The molecule has 1 aromatic rings. The van der Waals surface area contributed by atoms with Gasteiger partial charge in [-0.05, 0) is 24.0 Å². The molecule has 13 heavy (non-hydrogen) atoms. The van der Waals surface area contributed by atoms with Crippen LogP contribution in [0.5, 0.6) is 0 Å². The molecule has 0 saturated heterocycles. The van der Waals surface area contributed by atoms with Crippen LogP contribution >= 0.6 is 12.4 Å². The van der Waals surface area contributed by atoms with Gasteiger partial charge in [0.1, 0.15) is 0 Å². The van der Waals surface area contributed by atoms with Crippen molar-refractivity contribution in [2.75, 3.05) is 6.54 Å². The first kappa shape index (κ1) is 9.04. The Kier molecular flexibility index (Phi) is 2.09. The Hall–Kier alpha value is -0.530. The molecule has 1 aliphatic heterocycles. The fourth-order valence-corrected chi connectivity index (χ4v) is 2.32. The highest BCUT2D eigenvalue weighted by Crippen LogP contribution is 2.50. The summed E-state index contributed by atoms with van der Waals surface area (Å²) in [5.74, 6) is 0. The van der Waals surface area contributed by atoms with Gasteiger partial charge in [0.2, 0.25) is 0 Å². The molecule has 70 valence electrons. The van der Waals surface area contributed by atoms with E-state index in [-0.39, 0.29) is 12.4 Å². The first-order valence-corrected chi connectivity index (χ1v) is 4.70. The summed E-state index contributed by atoms with van der Waals surface area (Å²) >= 11 is 0. The summed E-state index contributed by atoms with van der Waals surface area (Å²) in [5, 5.41) is 3.49. The fourth-order valence-electron chi connectivity index (χ4n) is 2.32.